The van der Waals surface area contributed by atoms with Crippen LogP contribution in [-0.2, 0) is 21.5 Å². The van der Waals surface area contributed by atoms with Crippen LogP contribution in [0.3, 0.4) is 0 Å². The summed E-state index contributed by atoms with van der Waals surface area (Å²) >= 11 is 0. The molecule has 5 rings (SSSR count). The molecule has 2 aliphatic heterocycles. The molecule has 1 aromatic heterocycles. The third-order valence-corrected chi connectivity index (χ3v) is 7.59. The Balaban J connectivity index is 1.45. The zero-order valence-corrected chi connectivity index (χ0v) is 22.5. The maximum atomic E-state index is 13.7. The van der Waals surface area contributed by atoms with Crippen molar-refractivity contribution in [3.05, 3.63) is 52.3 Å². The zero-order chi connectivity index (χ0) is 27.2. The molecular weight excluding hydrogens is 484 g/mol. The highest BCUT2D eigenvalue weighted by atomic mass is 16.5. The summed E-state index contributed by atoms with van der Waals surface area (Å²) in [6.07, 6.45) is 3.18. The van der Waals surface area contributed by atoms with Gasteiger partial charge in [-0.1, -0.05) is 26.8 Å². The highest BCUT2D eigenvalue weighted by molar-refractivity contribution is 6.05. The Labute approximate surface area is 223 Å². The van der Waals surface area contributed by atoms with Gasteiger partial charge >= 0.3 is 5.97 Å². The van der Waals surface area contributed by atoms with Crippen LogP contribution in [0.15, 0.2) is 24.3 Å². The number of carbonyl (C=O) groups excluding carboxylic acids is 1. The molecule has 2 aromatic rings. The summed E-state index contributed by atoms with van der Waals surface area (Å²) in [4.78, 5) is 33.7. The van der Waals surface area contributed by atoms with Gasteiger partial charge < -0.3 is 24.4 Å². The summed E-state index contributed by atoms with van der Waals surface area (Å²) in [5, 5.41) is 18.0. The van der Waals surface area contributed by atoms with Gasteiger partial charge in [-0.2, -0.15) is 0 Å². The van der Waals surface area contributed by atoms with Gasteiger partial charge in [-0.25, -0.2) is 9.78 Å². The summed E-state index contributed by atoms with van der Waals surface area (Å²) in [6.45, 7) is 7.48. The molecule has 1 atom stereocenters. The van der Waals surface area contributed by atoms with Gasteiger partial charge in [0.1, 0.15) is 17.3 Å². The van der Waals surface area contributed by atoms with E-state index in [4.69, 9.17) is 19.9 Å². The van der Waals surface area contributed by atoms with Gasteiger partial charge in [0.2, 0.25) is 0 Å². The van der Waals surface area contributed by atoms with E-state index < -0.39 is 18.0 Å². The van der Waals surface area contributed by atoms with E-state index in [9.17, 15) is 14.7 Å². The number of aliphatic carboxylic acids is 1. The van der Waals surface area contributed by atoms with Gasteiger partial charge in [-0.3, -0.25) is 10.2 Å². The zero-order valence-electron chi connectivity index (χ0n) is 22.5. The molecule has 1 saturated heterocycles. The first kappa shape index (κ1) is 26.2. The summed E-state index contributed by atoms with van der Waals surface area (Å²) < 4.78 is 11.4. The van der Waals surface area contributed by atoms with E-state index in [0.29, 0.717) is 48.2 Å². The second-order valence-corrected chi connectivity index (χ2v) is 11.5. The summed E-state index contributed by atoms with van der Waals surface area (Å²) in [7, 11) is 1.68. The molecular formula is C29H36N4O5. The van der Waals surface area contributed by atoms with Crippen molar-refractivity contribution >= 4 is 23.3 Å². The van der Waals surface area contributed by atoms with Crippen molar-refractivity contribution in [2.75, 3.05) is 38.3 Å². The maximum Gasteiger partial charge on any atom is 0.341 e. The van der Waals surface area contributed by atoms with Crippen LogP contribution in [-0.4, -0.2) is 72.0 Å². The highest BCUT2D eigenvalue weighted by Crippen LogP contribution is 2.42. The molecule has 0 bridgehead atoms. The largest absolute Gasteiger partial charge is 0.479 e. The Hall–Kier alpha value is -3.46. The number of carboxylic acid groups (broad SMARTS) is 1. The highest BCUT2D eigenvalue weighted by Gasteiger charge is 2.33. The Morgan fingerprint density at radius 2 is 1.95 bits per heavy atom. The van der Waals surface area contributed by atoms with Crippen LogP contribution in [0.5, 0.6) is 5.75 Å². The molecule has 2 N–H and O–H groups in total. The number of fused-ring (bicyclic) bond motifs is 1. The SMILES string of the molecule is COC1CCN(c2cc(C(=O)CN3Cc4ccc(C5CC5)nc4C3=N)cc(C(C)(C)C)c2OCC(=O)O)C1. The maximum absolute atomic E-state index is 13.7. The molecule has 1 aliphatic carbocycles. The van der Waals surface area contributed by atoms with E-state index in [1.54, 1.807) is 12.0 Å². The summed E-state index contributed by atoms with van der Waals surface area (Å²) in [6, 6.07) is 7.72. The number of methoxy groups -OCH3 is 1. The molecule has 202 valence electrons. The second kappa shape index (κ2) is 10.0. The van der Waals surface area contributed by atoms with Gasteiger partial charge in [0.25, 0.3) is 0 Å². The van der Waals surface area contributed by atoms with Crippen LogP contribution in [0.2, 0.25) is 0 Å². The van der Waals surface area contributed by atoms with E-state index in [1.165, 1.54) is 0 Å². The first-order chi connectivity index (χ1) is 18.0. The van der Waals surface area contributed by atoms with Gasteiger partial charge in [0.05, 0.1) is 18.3 Å². The van der Waals surface area contributed by atoms with Crippen LogP contribution in [0, 0.1) is 5.41 Å². The van der Waals surface area contributed by atoms with Crippen molar-refractivity contribution < 1.29 is 24.2 Å². The number of ketones is 1. The second-order valence-electron chi connectivity index (χ2n) is 11.5. The third-order valence-electron chi connectivity index (χ3n) is 7.59. The summed E-state index contributed by atoms with van der Waals surface area (Å²) in [5.74, 6) is 0.118. The number of carboxylic acids is 1. The third kappa shape index (κ3) is 5.25. The van der Waals surface area contributed by atoms with E-state index in [2.05, 4.69) is 11.0 Å². The number of Topliss-reactive ketones (excluding diaryl/α,β-unsaturated/α-hetero) is 1. The van der Waals surface area contributed by atoms with E-state index in [0.717, 1.165) is 36.1 Å². The number of carbonyl (C=O) groups is 2. The number of amidine groups is 1. The lowest BCUT2D eigenvalue weighted by molar-refractivity contribution is -0.139. The fourth-order valence-corrected chi connectivity index (χ4v) is 5.27. The number of hydrogen-bond donors (Lipinski definition) is 2. The lowest BCUT2D eigenvalue weighted by atomic mass is 9.84. The number of anilines is 1. The number of ether oxygens (including phenoxy) is 2. The number of nitrogens with one attached hydrogen (secondary N) is 1. The van der Waals surface area contributed by atoms with Crippen LogP contribution < -0.4 is 9.64 Å². The van der Waals surface area contributed by atoms with Crippen LogP contribution in [0.1, 0.15) is 78.8 Å². The molecule has 2 fully saturated rings. The number of pyridine rings is 1. The van der Waals surface area contributed by atoms with E-state index in [-0.39, 0.29) is 24.3 Å². The van der Waals surface area contributed by atoms with Crippen LogP contribution in [0.4, 0.5) is 5.69 Å². The molecule has 1 unspecified atom stereocenters. The normalized spacial score (nSPS) is 19.2. The minimum absolute atomic E-state index is 0.0522. The molecule has 0 amide bonds. The van der Waals surface area contributed by atoms with E-state index in [1.807, 2.05) is 39.0 Å². The lowest BCUT2D eigenvalue weighted by Gasteiger charge is -2.29. The van der Waals surface area contributed by atoms with Gasteiger partial charge in [-0.15, -0.1) is 0 Å². The molecule has 1 aromatic carbocycles. The first-order valence-electron chi connectivity index (χ1n) is 13.2. The van der Waals surface area contributed by atoms with Crippen molar-refractivity contribution in [1.29, 1.82) is 5.41 Å². The van der Waals surface area contributed by atoms with Gasteiger partial charge in [0.15, 0.2) is 12.4 Å². The van der Waals surface area contributed by atoms with Crippen molar-refractivity contribution in [3.8, 4) is 5.75 Å². The number of benzene rings is 1. The Kier molecular flexibility index (Phi) is 6.90. The molecule has 0 radical (unpaired) electrons. The average molecular weight is 521 g/mol. The predicted octanol–water partition coefficient (Wildman–Crippen LogP) is 3.97. The van der Waals surface area contributed by atoms with Crippen molar-refractivity contribution in [1.82, 2.24) is 9.88 Å². The topological polar surface area (TPSA) is 116 Å². The average Bonchev–Trinajstić information content (AvgIpc) is 3.54. The monoisotopic (exact) mass is 520 g/mol. The number of nitrogens with zero attached hydrogens (tertiary/aromatic N) is 3. The molecule has 38 heavy (non-hydrogen) atoms. The minimum Gasteiger partial charge on any atom is -0.479 e. The van der Waals surface area contributed by atoms with Gasteiger partial charge in [0, 0.05) is 55.0 Å². The number of rotatable bonds is 9. The van der Waals surface area contributed by atoms with Crippen molar-refractivity contribution in [3.63, 3.8) is 0 Å². The van der Waals surface area contributed by atoms with E-state index >= 15 is 0 Å². The molecule has 9 nitrogen and oxygen atoms in total. The summed E-state index contributed by atoms with van der Waals surface area (Å²) in [5.41, 5.74) is 4.29. The van der Waals surface area contributed by atoms with Crippen molar-refractivity contribution in [2.24, 2.45) is 0 Å². The fraction of sp³-hybridized carbons (Fsp3) is 0.517. The molecule has 9 heteroatoms. The van der Waals surface area contributed by atoms with Gasteiger partial charge in [-0.05, 0) is 42.9 Å². The van der Waals surface area contributed by atoms with Crippen LogP contribution in [0.25, 0.3) is 0 Å². The molecule has 3 aliphatic rings. The Morgan fingerprint density at radius 1 is 1.18 bits per heavy atom. The quantitative estimate of drug-likeness (QED) is 0.477. The fourth-order valence-electron chi connectivity index (χ4n) is 5.27. The standard InChI is InChI=1S/C29H36N4O5/c1-29(2,3)21-11-19(12-23(27(21)38-16-25(35)36)32-10-9-20(14-32)37-4)24(34)15-33-13-18-7-8-22(17-5-6-17)31-26(18)28(33)30/h7-8,11-12,17,20,30H,5-6,9-10,13-16H2,1-4H3,(H,35,36). The molecule has 0 spiro atoms. The number of hydrogen-bond acceptors (Lipinski definition) is 7. The molecule has 1 saturated carbocycles. The lowest BCUT2D eigenvalue weighted by Crippen LogP contribution is -2.31. The minimum atomic E-state index is -1.06. The van der Waals surface area contributed by atoms with Crippen molar-refractivity contribution in [2.45, 2.75) is 64.0 Å². The Bertz CT molecular complexity index is 1280. The smallest absolute Gasteiger partial charge is 0.341 e. The Morgan fingerprint density at radius 3 is 2.58 bits per heavy atom. The molecule has 3 heterocycles. The number of aromatic nitrogens is 1. The first-order valence-corrected chi connectivity index (χ1v) is 13.2. The van der Waals surface area contributed by atoms with Crippen LogP contribution >= 0.6 is 0 Å². The predicted molar refractivity (Wildman–Crippen MR) is 144 cm³/mol.